The van der Waals surface area contributed by atoms with Gasteiger partial charge in [0.2, 0.25) is 0 Å². The molecule has 0 radical (unpaired) electrons. The number of ether oxygens (including phenoxy) is 1. The first-order valence-electron chi connectivity index (χ1n) is 5.48. The third-order valence-corrected chi connectivity index (χ3v) is 2.57. The van der Waals surface area contributed by atoms with Gasteiger partial charge >= 0.3 is 0 Å². The van der Waals surface area contributed by atoms with Gasteiger partial charge in [0.05, 0.1) is 6.61 Å². The quantitative estimate of drug-likeness (QED) is 0.801. The summed E-state index contributed by atoms with van der Waals surface area (Å²) in [6.45, 7) is 8.16. The van der Waals surface area contributed by atoms with Crippen molar-refractivity contribution in [1.82, 2.24) is 5.32 Å². The van der Waals surface area contributed by atoms with E-state index in [0.717, 1.165) is 18.9 Å². The summed E-state index contributed by atoms with van der Waals surface area (Å²) < 4.78 is 5.72. The first-order valence-corrected chi connectivity index (χ1v) is 5.48. The molecule has 1 N–H and O–H groups in total. The van der Waals surface area contributed by atoms with Gasteiger partial charge in [0.25, 0.3) is 0 Å². The van der Waals surface area contributed by atoms with Gasteiger partial charge in [0.15, 0.2) is 0 Å². The molecule has 1 atom stereocenters. The van der Waals surface area contributed by atoms with E-state index in [4.69, 9.17) is 4.74 Å². The number of nitrogens with one attached hydrogen (secondary N) is 1. The predicted octanol–water partition coefficient (Wildman–Crippen LogP) is 2.54. The van der Waals surface area contributed by atoms with Crippen LogP contribution in [0, 0.1) is 19.8 Å². The van der Waals surface area contributed by atoms with Crippen LogP contribution < -0.4 is 10.1 Å². The molecule has 0 saturated carbocycles. The van der Waals surface area contributed by atoms with Crippen LogP contribution in [0.2, 0.25) is 0 Å². The van der Waals surface area contributed by atoms with Crippen LogP contribution in [0.4, 0.5) is 0 Å². The molecule has 1 unspecified atom stereocenters. The molecule has 1 aromatic rings. The lowest BCUT2D eigenvalue weighted by molar-refractivity contribution is 0.258. The van der Waals surface area contributed by atoms with Gasteiger partial charge in [0, 0.05) is 12.5 Å². The normalized spacial score (nSPS) is 12.5. The summed E-state index contributed by atoms with van der Waals surface area (Å²) in [7, 11) is 1.96. The van der Waals surface area contributed by atoms with E-state index in [9.17, 15) is 0 Å². The van der Waals surface area contributed by atoms with Gasteiger partial charge in [-0.25, -0.2) is 0 Å². The fourth-order valence-electron chi connectivity index (χ4n) is 1.45. The molecule has 1 rings (SSSR count). The lowest BCUT2D eigenvalue weighted by Crippen LogP contribution is -2.21. The second-order valence-electron chi connectivity index (χ2n) is 4.22. The highest BCUT2D eigenvalue weighted by atomic mass is 16.5. The van der Waals surface area contributed by atoms with Crippen molar-refractivity contribution in [1.29, 1.82) is 0 Å². The van der Waals surface area contributed by atoms with Gasteiger partial charge in [-0.1, -0.05) is 13.0 Å². The van der Waals surface area contributed by atoms with E-state index in [1.54, 1.807) is 0 Å². The zero-order valence-corrected chi connectivity index (χ0v) is 10.1. The molecule has 0 fully saturated rings. The Morgan fingerprint density at radius 2 is 2.00 bits per heavy atom. The maximum Gasteiger partial charge on any atom is 0.119 e. The second kappa shape index (κ2) is 5.76. The lowest BCUT2D eigenvalue weighted by atomic mass is 10.1. The Bertz CT molecular complexity index is 309. The van der Waals surface area contributed by atoms with Gasteiger partial charge in [0.1, 0.15) is 5.75 Å². The average molecular weight is 207 g/mol. The van der Waals surface area contributed by atoms with Gasteiger partial charge in [-0.05, 0) is 44.2 Å². The summed E-state index contributed by atoms with van der Waals surface area (Å²) in [4.78, 5) is 0. The first kappa shape index (κ1) is 12.1. The van der Waals surface area contributed by atoms with Gasteiger partial charge in [-0.15, -0.1) is 0 Å². The summed E-state index contributed by atoms with van der Waals surface area (Å²) in [5, 5.41) is 3.14. The Balaban J connectivity index is 2.47. The van der Waals surface area contributed by atoms with Crippen LogP contribution in [-0.2, 0) is 0 Å². The van der Waals surface area contributed by atoms with Gasteiger partial charge < -0.3 is 10.1 Å². The van der Waals surface area contributed by atoms with E-state index in [1.165, 1.54) is 11.1 Å². The molecular weight excluding hydrogens is 186 g/mol. The monoisotopic (exact) mass is 207 g/mol. The van der Waals surface area contributed by atoms with Crippen molar-refractivity contribution >= 4 is 0 Å². The Morgan fingerprint density at radius 3 is 2.60 bits per heavy atom. The maximum absolute atomic E-state index is 5.72. The average Bonchev–Trinajstić information content (AvgIpc) is 2.20. The summed E-state index contributed by atoms with van der Waals surface area (Å²) in [5.74, 6) is 1.51. The van der Waals surface area contributed by atoms with Crippen LogP contribution in [0.15, 0.2) is 18.2 Å². The van der Waals surface area contributed by atoms with Crippen LogP contribution in [-0.4, -0.2) is 20.2 Å². The Labute approximate surface area is 92.6 Å². The lowest BCUT2D eigenvalue weighted by Gasteiger charge is -2.13. The Morgan fingerprint density at radius 1 is 1.27 bits per heavy atom. The fraction of sp³-hybridized carbons (Fsp3) is 0.538. The van der Waals surface area contributed by atoms with Crippen molar-refractivity contribution in [2.45, 2.75) is 20.8 Å². The topological polar surface area (TPSA) is 21.3 Å². The van der Waals surface area contributed by atoms with E-state index in [-0.39, 0.29) is 0 Å². The van der Waals surface area contributed by atoms with Crippen LogP contribution >= 0.6 is 0 Å². The molecule has 0 saturated heterocycles. The van der Waals surface area contributed by atoms with Gasteiger partial charge in [-0.2, -0.15) is 0 Å². The molecule has 84 valence electrons. The Kier molecular flexibility index (Phi) is 4.63. The van der Waals surface area contributed by atoms with Crippen molar-refractivity contribution in [3.8, 4) is 5.75 Å². The zero-order chi connectivity index (χ0) is 11.3. The molecule has 15 heavy (non-hydrogen) atoms. The summed E-state index contributed by atoms with van der Waals surface area (Å²) in [5.41, 5.74) is 2.60. The first-order chi connectivity index (χ1) is 7.13. The number of hydrogen-bond donors (Lipinski definition) is 1. The van der Waals surface area contributed by atoms with E-state index in [2.05, 4.69) is 38.2 Å². The van der Waals surface area contributed by atoms with Crippen molar-refractivity contribution in [3.05, 3.63) is 29.3 Å². The highest BCUT2D eigenvalue weighted by molar-refractivity contribution is 5.33. The number of benzene rings is 1. The zero-order valence-electron chi connectivity index (χ0n) is 10.1. The molecule has 0 aliphatic heterocycles. The highest BCUT2D eigenvalue weighted by Gasteiger charge is 2.02. The SMILES string of the molecule is CNCC(C)COc1ccc(C)c(C)c1. The third kappa shape index (κ3) is 3.92. The van der Waals surface area contributed by atoms with Crippen LogP contribution in [0.5, 0.6) is 5.75 Å². The third-order valence-electron chi connectivity index (χ3n) is 2.57. The van der Waals surface area contributed by atoms with Crippen molar-refractivity contribution < 1.29 is 4.74 Å². The van der Waals surface area contributed by atoms with Crippen LogP contribution in [0.25, 0.3) is 0 Å². The highest BCUT2D eigenvalue weighted by Crippen LogP contribution is 2.16. The molecule has 0 aliphatic rings. The molecule has 0 bridgehead atoms. The molecule has 0 heterocycles. The molecule has 0 amide bonds. The van der Waals surface area contributed by atoms with Crippen molar-refractivity contribution in [3.63, 3.8) is 0 Å². The van der Waals surface area contributed by atoms with Crippen LogP contribution in [0.1, 0.15) is 18.1 Å². The molecule has 1 aromatic carbocycles. The largest absolute Gasteiger partial charge is 0.493 e. The van der Waals surface area contributed by atoms with Crippen molar-refractivity contribution in [2.75, 3.05) is 20.2 Å². The van der Waals surface area contributed by atoms with E-state index < -0.39 is 0 Å². The van der Waals surface area contributed by atoms with Crippen molar-refractivity contribution in [2.24, 2.45) is 5.92 Å². The molecule has 2 heteroatoms. The van der Waals surface area contributed by atoms with E-state index >= 15 is 0 Å². The summed E-state index contributed by atoms with van der Waals surface area (Å²) >= 11 is 0. The summed E-state index contributed by atoms with van der Waals surface area (Å²) in [6, 6.07) is 6.24. The minimum Gasteiger partial charge on any atom is -0.493 e. The predicted molar refractivity (Wildman–Crippen MR) is 64.5 cm³/mol. The van der Waals surface area contributed by atoms with Gasteiger partial charge in [-0.3, -0.25) is 0 Å². The summed E-state index contributed by atoms with van der Waals surface area (Å²) in [6.07, 6.45) is 0. The van der Waals surface area contributed by atoms with Crippen LogP contribution in [0.3, 0.4) is 0 Å². The molecule has 2 nitrogen and oxygen atoms in total. The standard InChI is InChI=1S/C13H21NO/c1-10(8-14-4)9-15-13-6-5-11(2)12(3)7-13/h5-7,10,14H,8-9H2,1-4H3. The van der Waals surface area contributed by atoms with E-state index in [0.29, 0.717) is 5.92 Å². The number of aryl methyl sites for hydroxylation is 2. The molecule has 0 aliphatic carbocycles. The minimum atomic E-state index is 0.539. The molecule has 0 aromatic heterocycles. The Hall–Kier alpha value is -1.02. The minimum absolute atomic E-state index is 0.539. The smallest absolute Gasteiger partial charge is 0.119 e. The number of hydrogen-bond acceptors (Lipinski definition) is 2. The molecular formula is C13H21NO. The second-order valence-corrected chi connectivity index (χ2v) is 4.22. The fourth-order valence-corrected chi connectivity index (χ4v) is 1.45. The number of rotatable bonds is 5. The maximum atomic E-state index is 5.72. The van der Waals surface area contributed by atoms with E-state index in [1.807, 2.05) is 13.1 Å². The molecule has 0 spiro atoms.